The largest absolute Gasteiger partial charge is 0.507 e. The molecule has 1 unspecified atom stereocenters. The maximum absolute atomic E-state index is 13.7. The highest BCUT2D eigenvalue weighted by Crippen LogP contribution is 2.48. The summed E-state index contributed by atoms with van der Waals surface area (Å²) in [4.78, 5) is 28.7. The Bertz CT molecular complexity index is 1670. The van der Waals surface area contributed by atoms with Gasteiger partial charge in [-0.2, -0.15) is 0 Å². The summed E-state index contributed by atoms with van der Waals surface area (Å²) in [5.74, 6) is 0.241. The molecule has 45 heavy (non-hydrogen) atoms. The number of aliphatic hydroxyl groups excluding tert-OH is 1. The molecule has 1 aliphatic heterocycles. The van der Waals surface area contributed by atoms with Crippen LogP contribution in [-0.4, -0.2) is 54.9 Å². The monoisotopic (exact) mass is 647 g/mol. The van der Waals surface area contributed by atoms with Gasteiger partial charge in [-0.1, -0.05) is 66.8 Å². The lowest BCUT2D eigenvalue weighted by molar-refractivity contribution is -0.132. The first kappa shape index (κ1) is 31.9. The molecule has 12 heteroatoms. The molecule has 1 saturated heterocycles. The number of anilines is 1. The maximum atomic E-state index is 13.7. The average molecular weight is 648 g/mol. The molecule has 0 radical (unpaired) electrons. The fourth-order valence-corrected chi connectivity index (χ4v) is 6.70. The highest BCUT2D eigenvalue weighted by molar-refractivity contribution is 8.00. The number of ketones is 1. The molecule has 2 heterocycles. The van der Waals surface area contributed by atoms with Gasteiger partial charge >= 0.3 is 5.91 Å². The van der Waals surface area contributed by atoms with Crippen LogP contribution in [0, 0.1) is 0 Å². The summed E-state index contributed by atoms with van der Waals surface area (Å²) in [6.45, 7) is 2.65. The number of hydrogen-bond acceptors (Lipinski definition) is 11. The Morgan fingerprint density at radius 2 is 1.64 bits per heavy atom. The molecule has 4 aromatic rings. The molecular formula is C33H33N3O7S2. The number of benzene rings is 3. The molecule has 10 nitrogen and oxygen atoms in total. The van der Waals surface area contributed by atoms with E-state index in [1.807, 2.05) is 30.3 Å². The minimum atomic E-state index is -1.07. The summed E-state index contributed by atoms with van der Waals surface area (Å²) in [6, 6.07) is 18.9. The van der Waals surface area contributed by atoms with E-state index in [4.69, 9.17) is 18.9 Å². The lowest BCUT2D eigenvalue weighted by Gasteiger charge is -2.24. The second-order valence-corrected chi connectivity index (χ2v) is 12.2. The first-order valence-corrected chi connectivity index (χ1v) is 16.0. The zero-order chi connectivity index (χ0) is 31.9. The molecule has 1 N–H and O–H groups in total. The van der Waals surface area contributed by atoms with Crippen molar-refractivity contribution in [2.24, 2.45) is 0 Å². The predicted molar refractivity (Wildman–Crippen MR) is 174 cm³/mol. The summed E-state index contributed by atoms with van der Waals surface area (Å²) in [6.07, 6.45) is 1.92. The molecule has 1 amide bonds. The molecule has 5 rings (SSSR count). The number of carbonyl (C=O) groups excluding carboxylic acids is 2. The van der Waals surface area contributed by atoms with E-state index in [2.05, 4.69) is 17.1 Å². The van der Waals surface area contributed by atoms with Crippen LogP contribution in [0.1, 0.15) is 42.5 Å². The molecule has 3 aromatic carbocycles. The Morgan fingerprint density at radius 1 is 0.956 bits per heavy atom. The molecule has 1 atom stereocenters. The number of thioether (sulfide) groups is 1. The third kappa shape index (κ3) is 6.76. The Balaban J connectivity index is 1.58. The fourth-order valence-electron chi connectivity index (χ4n) is 4.88. The number of amides is 1. The quantitative estimate of drug-likeness (QED) is 0.0421. The molecule has 0 bridgehead atoms. The third-order valence-electron chi connectivity index (χ3n) is 7.15. The van der Waals surface area contributed by atoms with Gasteiger partial charge in [-0.05, 0) is 53.9 Å². The number of unbranched alkanes of at least 4 members (excludes halogenated alkanes) is 1. The lowest BCUT2D eigenvalue weighted by atomic mass is 9.94. The van der Waals surface area contributed by atoms with Crippen LogP contribution in [0.2, 0.25) is 0 Å². The van der Waals surface area contributed by atoms with E-state index < -0.39 is 17.7 Å². The number of ether oxygens (including phenoxy) is 4. The van der Waals surface area contributed by atoms with Crippen LogP contribution in [-0.2, 0) is 15.3 Å². The first-order valence-electron chi connectivity index (χ1n) is 14.2. The van der Waals surface area contributed by atoms with Gasteiger partial charge in [0.2, 0.25) is 10.9 Å². The SMILES string of the molecule is CCCCOc1ccc(/C(O)=C2\C(=O)C(=O)N(c3nnc(SCc4ccccc4)s3)C2c2cc(OC)c(OC)c(OC)c2)cc1. The van der Waals surface area contributed by atoms with Crippen molar-refractivity contribution < 1.29 is 33.6 Å². The van der Waals surface area contributed by atoms with Crippen molar-refractivity contribution in [1.82, 2.24) is 10.2 Å². The van der Waals surface area contributed by atoms with Gasteiger partial charge in [0.05, 0.1) is 39.6 Å². The van der Waals surface area contributed by atoms with E-state index >= 15 is 0 Å². The highest BCUT2D eigenvalue weighted by Gasteiger charge is 2.49. The van der Waals surface area contributed by atoms with Gasteiger partial charge in [0.1, 0.15) is 11.5 Å². The van der Waals surface area contributed by atoms with Crippen LogP contribution < -0.4 is 23.8 Å². The van der Waals surface area contributed by atoms with E-state index in [9.17, 15) is 14.7 Å². The standard InChI is InChI=1S/C33H33N3O7S2/c1-5-6-16-43-23-14-12-21(13-15-23)28(37)26-27(22-17-24(40-2)30(42-4)25(18-22)41-3)36(31(39)29(26)38)32-34-35-33(45-32)44-19-20-10-8-7-9-11-20/h7-15,17-18,27,37H,5-6,16,19H2,1-4H3/b28-26+. The minimum Gasteiger partial charge on any atom is -0.507 e. The first-order chi connectivity index (χ1) is 21.9. The Kier molecular flexibility index (Phi) is 10.3. The van der Waals surface area contributed by atoms with Gasteiger partial charge < -0.3 is 24.1 Å². The van der Waals surface area contributed by atoms with Gasteiger partial charge in [0, 0.05) is 11.3 Å². The van der Waals surface area contributed by atoms with Gasteiger partial charge in [0.25, 0.3) is 5.78 Å². The molecule has 0 aliphatic carbocycles. The summed E-state index contributed by atoms with van der Waals surface area (Å²) < 4.78 is 23.0. The van der Waals surface area contributed by atoms with Crippen LogP contribution in [0.5, 0.6) is 23.0 Å². The predicted octanol–water partition coefficient (Wildman–Crippen LogP) is 6.66. The van der Waals surface area contributed by atoms with E-state index in [0.717, 1.165) is 18.4 Å². The number of hydrogen-bond donors (Lipinski definition) is 1. The second-order valence-electron chi connectivity index (χ2n) is 9.98. The van der Waals surface area contributed by atoms with E-state index in [1.165, 1.54) is 49.3 Å². The molecule has 0 saturated carbocycles. The summed E-state index contributed by atoms with van der Waals surface area (Å²) >= 11 is 2.66. The van der Waals surface area contributed by atoms with Crippen molar-refractivity contribution >= 4 is 45.7 Å². The average Bonchev–Trinajstić information content (AvgIpc) is 3.65. The number of aromatic nitrogens is 2. The van der Waals surface area contributed by atoms with Gasteiger partial charge in [-0.25, -0.2) is 0 Å². The van der Waals surface area contributed by atoms with Crippen LogP contribution in [0.15, 0.2) is 76.6 Å². The number of rotatable bonds is 13. The van der Waals surface area contributed by atoms with Crippen molar-refractivity contribution in [1.29, 1.82) is 0 Å². The molecule has 1 fully saturated rings. The van der Waals surface area contributed by atoms with Crippen LogP contribution in [0.3, 0.4) is 0 Å². The summed E-state index contributed by atoms with van der Waals surface area (Å²) in [5.41, 5.74) is 1.80. The van der Waals surface area contributed by atoms with Crippen molar-refractivity contribution in [3.8, 4) is 23.0 Å². The van der Waals surface area contributed by atoms with Crippen LogP contribution in [0.4, 0.5) is 5.13 Å². The van der Waals surface area contributed by atoms with Crippen molar-refractivity contribution in [3.05, 3.63) is 89.0 Å². The Labute approximate surface area is 269 Å². The maximum Gasteiger partial charge on any atom is 0.301 e. The van der Waals surface area contributed by atoms with Crippen LogP contribution >= 0.6 is 23.1 Å². The minimum absolute atomic E-state index is 0.109. The molecule has 234 valence electrons. The van der Waals surface area contributed by atoms with Crippen molar-refractivity contribution in [3.63, 3.8) is 0 Å². The zero-order valence-electron chi connectivity index (χ0n) is 25.3. The summed E-state index contributed by atoms with van der Waals surface area (Å²) in [5, 5.41) is 20.4. The Hall–Kier alpha value is -4.55. The number of aliphatic hydroxyl groups is 1. The topological polar surface area (TPSA) is 120 Å². The second kappa shape index (κ2) is 14.5. The highest BCUT2D eigenvalue weighted by atomic mass is 32.2. The zero-order valence-corrected chi connectivity index (χ0v) is 26.9. The summed E-state index contributed by atoms with van der Waals surface area (Å²) in [7, 11) is 4.43. The van der Waals surface area contributed by atoms with E-state index in [1.54, 1.807) is 36.4 Å². The number of methoxy groups -OCH3 is 3. The van der Waals surface area contributed by atoms with Gasteiger partial charge in [-0.3, -0.25) is 14.5 Å². The number of nitrogens with zero attached hydrogens (tertiary/aromatic N) is 3. The van der Waals surface area contributed by atoms with Gasteiger partial charge in [-0.15, -0.1) is 10.2 Å². The van der Waals surface area contributed by atoms with E-state index in [0.29, 0.717) is 50.8 Å². The molecule has 1 aromatic heterocycles. The number of Topliss-reactive ketones (excluding diaryl/α,β-unsaturated/α-hetero) is 1. The smallest absolute Gasteiger partial charge is 0.301 e. The fraction of sp³-hybridized carbons (Fsp3) is 0.273. The molecular weight excluding hydrogens is 615 g/mol. The molecule has 1 aliphatic rings. The van der Waals surface area contributed by atoms with Crippen LogP contribution in [0.25, 0.3) is 5.76 Å². The van der Waals surface area contributed by atoms with Crippen molar-refractivity contribution in [2.45, 2.75) is 35.9 Å². The van der Waals surface area contributed by atoms with E-state index in [-0.39, 0.29) is 16.5 Å². The normalized spacial score (nSPS) is 15.7. The van der Waals surface area contributed by atoms with Gasteiger partial charge in [0.15, 0.2) is 15.8 Å². The third-order valence-corrected chi connectivity index (χ3v) is 9.28. The van der Waals surface area contributed by atoms with Crippen molar-refractivity contribution in [2.75, 3.05) is 32.8 Å². The lowest BCUT2D eigenvalue weighted by Crippen LogP contribution is -2.29. The Morgan fingerprint density at radius 3 is 2.27 bits per heavy atom. The number of carbonyl (C=O) groups is 2. The molecule has 0 spiro atoms.